The molecule has 25 heavy (non-hydrogen) atoms. The van der Waals surface area contributed by atoms with Gasteiger partial charge in [0, 0.05) is 38.8 Å². The van der Waals surface area contributed by atoms with Gasteiger partial charge in [0.05, 0.1) is 23.1 Å². The van der Waals surface area contributed by atoms with E-state index >= 15 is 0 Å². The van der Waals surface area contributed by atoms with Crippen molar-refractivity contribution in [2.75, 3.05) is 30.9 Å². The Kier molecular flexibility index (Phi) is 4.70. The lowest BCUT2D eigenvalue weighted by Gasteiger charge is -2.25. The highest BCUT2D eigenvalue weighted by atomic mass is 16.2. The van der Waals surface area contributed by atoms with Gasteiger partial charge in [0.2, 0.25) is 5.91 Å². The van der Waals surface area contributed by atoms with Gasteiger partial charge in [0.1, 0.15) is 0 Å². The van der Waals surface area contributed by atoms with Gasteiger partial charge in [-0.25, -0.2) is 0 Å². The van der Waals surface area contributed by atoms with E-state index in [2.05, 4.69) is 10.3 Å². The molecular weight excluding hydrogens is 316 g/mol. The van der Waals surface area contributed by atoms with Crippen LogP contribution in [-0.4, -0.2) is 42.3 Å². The Morgan fingerprint density at radius 2 is 2.12 bits per heavy atom. The van der Waals surface area contributed by atoms with Crippen LogP contribution in [0.2, 0.25) is 0 Å². The van der Waals surface area contributed by atoms with Crippen LogP contribution in [-0.2, 0) is 4.79 Å². The van der Waals surface area contributed by atoms with Crippen molar-refractivity contribution in [3.8, 4) is 0 Å². The second kappa shape index (κ2) is 6.93. The number of carbonyl (C=O) groups is 2. The van der Waals surface area contributed by atoms with Crippen molar-refractivity contribution >= 4 is 23.2 Å². The van der Waals surface area contributed by atoms with Crippen LogP contribution >= 0.6 is 0 Å². The van der Waals surface area contributed by atoms with Gasteiger partial charge >= 0.3 is 0 Å². The van der Waals surface area contributed by atoms with E-state index in [1.54, 1.807) is 30.3 Å². The van der Waals surface area contributed by atoms with Gasteiger partial charge in [-0.1, -0.05) is 6.07 Å². The fraction of sp³-hybridized carbons (Fsp3) is 0.316. The summed E-state index contributed by atoms with van der Waals surface area (Å²) in [7, 11) is 3.70. The average Bonchev–Trinajstić information content (AvgIpc) is 2.78. The van der Waals surface area contributed by atoms with E-state index in [1.807, 2.05) is 43.1 Å². The van der Waals surface area contributed by atoms with Gasteiger partial charge in [-0.3, -0.25) is 14.6 Å². The number of aromatic nitrogens is 1. The maximum absolute atomic E-state index is 12.9. The Morgan fingerprint density at radius 3 is 2.84 bits per heavy atom. The Morgan fingerprint density at radius 1 is 1.32 bits per heavy atom. The molecular formula is C19H22N4O2. The van der Waals surface area contributed by atoms with Crippen LogP contribution in [0.25, 0.3) is 0 Å². The van der Waals surface area contributed by atoms with E-state index in [0.717, 1.165) is 11.4 Å². The first-order valence-corrected chi connectivity index (χ1v) is 8.30. The summed E-state index contributed by atoms with van der Waals surface area (Å²) in [5, 5.41) is 2.88. The number of nitrogens with one attached hydrogen (secondary N) is 1. The second-order valence-electron chi connectivity index (χ2n) is 6.30. The summed E-state index contributed by atoms with van der Waals surface area (Å²) < 4.78 is 0. The van der Waals surface area contributed by atoms with E-state index in [1.165, 1.54) is 0 Å². The number of nitrogens with zero attached hydrogens (tertiary/aromatic N) is 3. The van der Waals surface area contributed by atoms with Crippen LogP contribution in [0, 0.1) is 0 Å². The maximum atomic E-state index is 12.9. The number of benzene rings is 1. The predicted molar refractivity (Wildman–Crippen MR) is 97.7 cm³/mol. The third-order valence-electron chi connectivity index (χ3n) is 4.62. The molecule has 1 aliphatic rings. The molecule has 2 aromatic rings. The monoisotopic (exact) mass is 338 g/mol. The Bertz CT molecular complexity index is 791. The van der Waals surface area contributed by atoms with Gasteiger partial charge in [-0.05, 0) is 37.3 Å². The fourth-order valence-electron chi connectivity index (χ4n) is 2.91. The van der Waals surface area contributed by atoms with Crippen molar-refractivity contribution in [2.24, 2.45) is 0 Å². The molecule has 0 radical (unpaired) electrons. The molecule has 3 rings (SSSR count). The molecule has 2 amide bonds. The minimum Gasteiger partial charge on any atom is -0.372 e. The van der Waals surface area contributed by atoms with Crippen molar-refractivity contribution < 1.29 is 9.59 Å². The van der Waals surface area contributed by atoms with Crippen molar-refractivity contribution in [3.05, 3.63) is 53.9 Å². The van der Waals surface area contributed by atoms with Crippen LogP contribution in [0.15, 0.2) is 42.6 Å². The Labute approximate surface area is 147 Å². The van der Waals surface area contributed by atoms with Crippen LogP contribution < -0.4 is 10.2 Å². The molecule has 130 valence electrons. The van der Waals surface area contributed by atoms with Crippen molar-refractivity contribution in [1.82, 2.24) is 9.88 Å². The SMILES string of the molecule is C[C@H](c1ccccn1)N(C)C(=O)c1ccc2c(c1)NC(=O)CCN2C. The molecule has 0 unspecified atom stereocenters. The van der Waals surface area contributed by atoms with Crippen LogP contribution in [0.3, 0.4) is 0 Å². The Hall–Kier alpha value is -2.89. The molecule has 0 saturated heterocycles. The van der Waals surface area contributed by atoms with E-state index in [4.69, 9.17) is 0 Å². The highest BCUT2D eigenvalue weighted by molar-refractivity contribution is 6.00. The summed E-state index contributed by atoms with van der Waals surface area (Å²) in [5.41, 5.74) is 2.97. The van der Waals surface area contributed by atoms with E-state index in [0.29, 0.717) is 24.2 Å². The first kappa shape index (κ1) is 17.0. The molecule has 6 nitrogen and oxygen atoms in total. The molecule has 1 aliphatic heterocycles. The zero-order chi connectivity index (χ0) is 18.0. The molecule has 0 aliphatic carbocycles. The van der Waals surface area contributed by atoms with Crippen LogP contribution in [0.5, 0.6) is 0 Å². The number of carbonyl (C=O) groups excluding carboxylic acids is 2. The van der Waals surface area contributed by atoms with Crippen molar-refractivity contribution in [2.45, 2.75) is 19.4 Å². The number of amides is 2. The zero-order valence-electron chi connectivity index (χ0n) is 14.7. The molecule has 0 fully saturated rings. The lowest BCUT2D eigenvalue weighted by Crippen LogP contribution is -2.30. The van der Waals surface area contributed by atoms with Gasteiger partial charge in [-0.15, -0.1) is 0 Å². The molecule has 2 heterocycles. The number of rotatable bonds is 3. The van der Waals surface area contributed by atoms with Gasteiger partial charge in [-0.2, -0.15) is 0 Å². The second-order valence-corrected chi connectivity index (χ2v) is 6.30. The van der Waals surface area contributed by atoms with Gasteiger partial charge in [0.25, 0.3) is 5.91 Å². The Balaban J connectivity index is 1.86. The number of pyridine rings is 1. The van der Waals surface area contributed by atoms with E-state index < -0.39 is 0 Å². The van der Waals surface area contributed by atoms with Gasteiger partial charge < -0.3 is 15.1 Å². The minimum absolute atomic E-state index is 0.0367. The minimum atomic E-state index is -0.148. The lowest BCUT2D eigenvalue weighted by atomic mass is 10.1. The molecule has 0 spiro atoms. The average molecular weight is 338 g/mol. The number of hydrogen-bond acceptors (Lipinski definition) is 4. The third-order valence-corrected chi connectivity index (χ3v) is 4.62. The third kappa shape index (κ3) is 3.47. The molecule has 6 heteroatoms. The number of fused-ring (bicyclic) bond motifs is 1. The van der Waals surface area contributed by atoms with E-state index in [-0.39, 0.29) is 17.9 Å². The molecule has 1 aromatic heterocycles. The van der Waals surface area contributed by atoms with Crippen molar-refractivity contribution in [1.29, 1.82) is 0 Å². The zero-order valence-corrected chi connectivity index (χ0v) is 14.7. The topological polar surface area (TPSA) is 65.5 Å². The summed E-state index contributed by atoms with van der Waals surface area (Å²) in [4.78, 5) is 32.7. The van der Waals surface area contributed by atoms with Gasteiger partial charge in [0.15, 0.2) is 0 Å². The summed E-state index contributed by atoms with van der Waals surface area (Å²) in [6, 6.07) is 10.9. The molecule has 0 saturated carbocycles. The summed E-state index contributed by atoms with van der Waals surface area (Å²) >= 11 is 0. The predicted octanol–water partition coefficient (Wildman–Crippen LogP) is 2.69. The highest BCUT2D eigenvalue weighted by Crippen LogP contribution is 2.30. The lowest BCUT2D eigenvalue weighted by molar-refractivity contribution is -0.115. The highest BCUT2D eigenvalue weighted by Gasteiger charge is 2.22. The number of hydrogen-bond donors (Lipinski definition) is 1. The first-order chi connectivity index (χ1) is 12.0. The molecule has 0 bridgehead atoms. The smallest absolute Gasteiger partial charge is 0.254 e. The molecule has 1 aromatic carbocycles. The number of anilines is 2. The maximum Gasteiger partial charge on any atom is 0.254 e. The largest absolute Gasteiger partial charge is 0.372 e. The van der Waals surface area contributed by atoms with Crippen molar-refractivity contribution in [3.63, 3.8) is 0 Å². The molecule has 1 atom stereocenters. The summed E-state index contributed by atoms with van der Waals surface area (Å²) in [6.45, 7) is 2.60. The fourth-order valence-corrected chi connectivity index (χ4v) is 2.91. The summed E-state index contributed by atoms with van der Waals surface area (Å²) in [6.07, 6.45) is 2.16. The normalized spacial score (nSPS) is 15.0. The van der Waals surface area contributed by atoms with E-state index in [9.17, 15) is 9.59 Å². The van der Waals surface area contributed by atoms with Crippen LogP contribution in [0.4, 0.5) is 11.4 Å². The first-order valence-electron chi connectivity index (χ1n) is 8.30. The molecule has 1 N–H and O–H groups in total. The standard InChI is InChI=1S/C19H22N4O2/c1-13(15-6-4-5-10-20-15)23(3)19(25)14-7-8-17-16(12-14)21-18(24)9-11-22(17)2/h4-8,10,12-13H,9,11H2,1-3H3,(H,21,24)/t13-/m1/s1. The summed E-state index contributed by atoms with van der Waals surface area (Å²) in [5.74, 6) is -0.146. The quantitative estimate of drug-likeness (QED) is 0.934. The van der Waals surface area contributed by atoms with Crippen LogP contribution in [0.1, 0.15) is 35.4 Å².